The maximum Gasteiger partial charge on any atom is 0.410 e. The van der Waals surface area contributed by atoms with Crippen molar-refractivity contribution in [1.29, 1.82) is 0 Å². The first-order chi connectivity index (χ1) is 10.4. The molecule has 1 N–H and O–H groups in total. The SMILES string of the molecule is CCCNC(CCC1CC1)C1CCN(C(=O)OC(C)(C)C)C1. The highest BCUT2D eigenvalue weighted by Crippen LogP contribution is 2.35. The molecule has 128 valence electrons. The van der Waals surface area contributed by atoms with E-state index in [1.807, 2.05) is 25.7 Å². The van der Waals surface area contributed by atoms with Gasteiger partial charge in [-0.2, -0.15) is 0 Å². The number of nitrogens with one attached hydrogen (secondary N) is 1. The molecule has 1 aliphatic heterocycles. The molecule has 2 unspecified atom stereocenters. The molecule has 22 heavy (non-hydrogen) atoms. The number of carbonyl (C=O) groups is 1. The lowest BCUT2D eigenvalue weighted by atomic mass is 9.93. The van der Waals surface area contributed by atoms with E-state index in [4.69, 9.17) is 4.74 Å². The first-order valence-electron chi connectivity index (χ1n) is 9.10. The second-order valence-electron chi connectivity index (χ2n) is 8.06. The summed E-state index contributed by atoms with van der Waals surface area (Å²) >= 11 is 0. The molecule has 0 spiro atoms. The minimum atomic E-state index is -0.402. The topological polar surface area (TPSA) is 41.6 Å². The van der Waals surface area contributed by atoms with Crippen LogP contribution >= 0.6 is 0 Å². The summed E-state index contributed by atoms with van der Waals surface area (Å²) in [6, 6.07) is 0.563. The number of amides is 1. The van der Waals surface area contributed by atoms with Gasteiger partial charge < -0.3 is 15.0 Å². The molecule has 2 aliphatic rings. The predicted molar refractivity (Wildman–Crippen MR) is 90.0 cm³/mol. The summed E-state index contributed by atoms with van der Waals surface area (Å²) in [6.45, 7) is 10.8. The van der Waals surface area contributed by atoms with Crippen LogP contribution in [0.2, 0.25) is 0 Å². The molecule has 4 nitrogen and oxygen atoms in total. The number of likely N-dealkylation sites (tertiary alicyclic amines) is 1. The minimum Gasteiger partial charge on any atom is -0.444 e. The van der Waals surface area contributed by atoms with Crippen LogP contribution in [0.5, 0.6) is 0 Å². The van der Waals surface area contributed by atoms with E-state index in [-0.39, 0.29) is 6.09 Å². The molecule has 2 rings (SSSR count). The molecule has 0 radical (unpaired) electrons. The molecule has 2 atom stereocenters. The Balaban J connectivity index is 1.82. The van der Waals surface area contributed by atoms with E-state index in [1.165, 1.54) is 32.1 Å². The largest absolute Gasteiger partial charge is 0.444 e. The maximum atomic E-state index is 12.2. The van der Waals surface area contributed by atoms with Crippen molar-refractivity contribution in [2.45, 2.75) is 77.9 Å². The fraction of sp³-hybridized carbons (Fsp3) is 0.944. The molecule has 1 amide bonds. The molecule has 0 aromatic rings. The summed E-state index contributed by atoms with van der Waals surface area (Å²) < 4.78 is 5.51. The second kappa shape index (κ2) is 7.67. The molecule has 4 heteroatoms. The van der Waals surface area contributed by atoms with Crippen molar-refractivity contribution in [3.05, 3.63) is 0 Å². The van der Waals surface area contributed by atoms with Gasteiger partial charge in [0.15, 0.2) is 0 Å². The number of rotatable bonds is 7. The molecule has 0 aromatic heterocycles. The van der Waals surface area contributed by atoms with Gasteiger partial charge in [0.2, 0.25) is 0 Å². The van der Waals surface area contributed by atoms with Gasteiger partial charge in [-0.25, -0.2) is 4.79 Å². The van der Waals surface area contributed by atoms with E-state index in [1.54, 1.807) is 0 Å². The zero-order chi connectivity index (χ0) is 16.2. The Morgan fingerprint density at radius 3 is 2.64 bits per heavy atom. The van der Waals surface area contributed by atoms with E-state index in [2.05, 4.69) is 12.2 Å². The van der Waals surface area contributed by atoms with Crippen LogP contribution in [0.15, 0.2) is 0 Å². The first-order valence-corrected chi connectivity index (χ1v) is 9.10. The highest BCUT2D eigenvalue weighted by Gasteiger charge is 2.34. The zero-order valence-electron chi connectivity index (χ0n) is 14.9. The molecule has 1 saturated carbocycles. The van der Waals surface area contributed by atoms with Gasteiger partial charge in [0.05, 0.1) is 0 Å². The van der Waals surface area contributed by atoms with Gasteiger partial charge in [-0.3, -0.25) is 0 Å². The van der Waals surface area contributed by atoms with Crippen molar-refractivity contribution in [3.63, 3.8) is 0 Å². The van der Waals surface area contributed by atoms with Crippen molar-refractivity contribution in [3.8, 4) is 0 Å². The zero-order valence-corrected chi connectivity index (χ0v) is 14.9. The minimum absolute atomic E-state index is 0.147. The van der Waals surface area contributed by atoms with Gasteiger partial charge in [-0.15, -0.1) is 0 Å². The number of nitrogens with zero attached hydrogens (tertiary/aromatic N) is 1. The summed E-state index contributed by atoms with van der Waals surface area (Å²) in [4.78, 5) is 14.1. The third kappa shape index (κ3) is 5.79. The van der Waals surface area contributed by atoms with Crippen molar-refractivity contribution in [1.82, 2.24) is 10.2 Å². The van der Waals surface area contributed by atoms with Crippen LogP contribution in [0, 0.1) is 11.8 Å². The number of ether oxygens (including phenoxy) is 1. The van der Waals surface area contributed by atoms with Crippen LogP contribution in [0.1, 0.15) is 66.2 Å². The average Bonchev–Trinajstić information content (AvgIpc) is 3.11. The molecule has 1 heterocycles. The molecule has 0 aromatic carbocycles. The van der Waals surface area contributed by atoms with Gasteiger partial charge in [0.25, 0.3) is 0 Å². The Labute approximate surface area is 136 Å². The Bertz CT molecular complexity index is 361. The van der Waals surface area contributed by atoms with Gasteiger partial charge >= 0.3 is 6.09 Å². The van der Waals surface area contributed by atoms with E-state index in [9.17, 15) is 4.79 Å². The van der Waals surface area contributed by atoms with E-state index < -0.39 is 5.60 Å². The van der Waals surface area contributed by atoms with Crippen molar-refractivity contribution < 1.29 is 9.53 Å². The fourth-order valence-corrected chi connectivity index (χ4v) is 3.26. The summed E-state index contributed by atoms with van der Waals surface area (Å²) in [5, 5.41) is 3.72. The Hall–Kier alpha value is -0.770. The van der Waals surface area contributed by atoms with Crippen LogP contribution < -0.4 is 5.32 Å². The highest BCUT2D eigenvalue weighted by atomic mass is 16.6. The number of hydrogen-bond acceptors (Lipinski definition) is 3. The molecular weight excluding hydrogens is 276 g/mol. The lowest BCUT2D eigenvalue weighted by Gasteiger charge is -2.27. The molecular formula is C18H34N2O2. The second-order valence-corrected chi connectivity index (χ2v) is 8.06. The first kappa shape index (κ1) is 17.6. The van der Waals surface area contributed by atoms with Gasteiger partial charge in [-0.1, -0.05) is 19.8 Å². The van der Waals surface area contributed by atoms with Gasteiger partial charge in [0.1, 0.15) is 5.60 Å². The number of carbonyl (C=O) groups excluding carboxylic acids is 1. The Morgan fingerprint density at radius 2 is 2.05 bits per heavy atom. The van der Waals surface area contributed by atoms with Crippen molar-refractivity contribution in [2.24, 2.45) is 11.8 Å². The molecule has 1 aliphatic carbocycles. The highest BCUT2D eigenvalue weighted by molar-refractivity contribution is 5.68. The summed E-state index contributed by atoms with van der Waals surface area (Å²) in [5.74, 6) is 1.56. The van der Waals surface area contributed by atoms with Crippen molar-refractivity contribution in [2.75, 3.05) is 19.6 Å². The van der Waals surface area contributed by atoms with Crippen LogP contribution in [0.25, 0.3) is 0 Å². The third-order valence-corrected chi connectivity index (χ3v) is 4.68. The van der Waals surface area contributed by atoms with Crippen molar-refractivity contribution >= 4 is 6.09 Å². The van der Waals surface area contributed by atoms with E-state index in [0.29, 0.717) is 12.0 Å². The third-order valence-electron chi connectivity index (χ3n) is 4.68. The molecule has 2 fully saturated rings. The van der Waals surface area contributed by atoms with Crippen LogP contribution in [0.4, 0.5) is 4.79 Å². The quantitative estimate of drug-likeness (QED) is 0.777. The molecule has 1 saturated heterocycles. The smallest absolute Gasteiger partial charge is 0.410 e. The lowest BCUT2D eigenvalue weighted by Crippen LogP contribution is -2.40. The monoisotopic (exact) mass is 310 g/mol. The fourth-order valence-electron chi connectivity index (χ4n) is 3.26. The van der Waals surface area contributed by atoms with Crippen LogP contribution in [-0.4, -0.2) is 42.3 Å². The van der Waals surface area contributed by atoms with Crippen LogP contribution in [0.3, 0.4) is 0 Å². The standard InChI is InChI=1S/C18H34N2O2/c1-5-11-19-16(9-8-14-6-7-14)15-10-12-20(13-15)17(21)22-18(2,3)4/h14-16,19H,5-13H2,1-4H3. The van der Waals surface area contributed by atoms with Crippen LogP contribution in [-0.2, 0) is 4.74 Å². The predicted octanol–water partition coefficient (Wildman–Crippen LogP) is 3.80. The normalized spacial score (nSPS) is 23.6. The Morgan fingerprint density at radius 1 is 1.32 bits per heavy atom. The van der Waals surface area contributed by atoms with Gasteiger partial charge in [0, 0.05) is 19.1 Å². The Kier molecular flexibility index (Phi) is 6.13. The lowest BCUT2D eigenvalue weighted by molar-refractivity contribution is 0.0285. The summed E-state index contributed by atoms with van der Waals surface area (Å²) in [7, 11) is 0. The summed E-state index contributed by atoms with van der Waals surface area (Å²) in [6.07, 6.45) is 7.59. The van der Waals surface area contributed by atoms with E-state index in [0.717, 1.165) is 32.0 Å². The summed E-state index contributed by atoms with van der Waals surface area (Å²) in [5.41, 5.74) is -0.402. The molecule has 0 bridgehead atoms. The number of hydrogen-bond donors (Lipinski definition) is 1. The maximum absolute atomic E-state index is 12.2. The van der Waals surface area contributed by atoms with E-state index >= 15 is 0 Å². The van der Waals surface area contributed by atoms with Gasteiger partial charge in [-0.05, 0) is 64.8 Å². The average molecular weight is 310 g/mol.